The summed E-state index contributed by atoms with van der Waals surface area (Å²) < 4.78 is 0. The van der Waals surface area contributed by atoms with Crippen LogP contribution in [0.2, 0.25) is 0 Å². The van der Waals surface area contributed by atoms with Crippen LogP contribution in [0.3, 0.4) is 0 Å². The Morgan fingerprint density at radius 1 is 1.21 bits per heavy atom. The van der Waals surface area contributed by atoms with E-state index in [9.17, 15) is 19.8 Å². The molecule has 34 heavy (non-hydrogen) atoms. The third-order valence-corrected chi connectivity index (χ3v) is 6.78. The molecule has 0 bridgehead atoms. The fourth-order valence-electron chi connectivity index (χ4n) is 3.64. The van der Waals surface area contributed by atoms with E-state index in [0.717, 1.165) is 32.7 Å². The first kappa shape index (κ1) is 25.7. The summed E-state index contributed by atoms with van der Waals surface area (Å²) >= 11 is 3.04. The molecule has 8 heteroatoms. The Kier molecular flexibility index (Phi) is 9.44. The fourth-order valence-corrected chi connectivity index (χ4v) is 4.71. The second-order valence-electron chi connectivity index (χ2n) is 7.88. The monoisotopic (exact) mass is 496 g/mol. The van der Waals surface area contributed by atoms with Gasteiger partial charge in [0.2, 0.25) is 0 Å². The van der Waals surface area contributed by atoms with Gasteiger partial charge in [-0.2, -0.15) is 11.8 Å². The number of aliphatic carboxylic acids is 1. The maximum atomic E-state index is 13.2. The first-order chi connectivity index (χ1) is 16.4. The van der Waals surface area contributed by atoms with Gasteiger partial charge in [-0.1, -0.05) is 36.4 Å². The molecule has 0 aliphatic rings. The van der Waals surface area contributed by atoms with Crippen molar-refractivity contribution >= 4 is 41.1 Å². The van der Waals surface area contributed by atoms with Gasteiger partial charge in [0.15, 0.2) is 0 Å². The molecule has 1 atom stereocenters. The Balaban J connectivity index is 1.97. The highest BCUT2D eigenvalue weighted by Gasteiger charge is 2.22. The molecule has 3 aromatic rings. The van der Waals surface area contributed by atoms with E-state index in [2.05, 4.69) is 10.3 Å². The number of benzene rings is 2. The zero-order valence-electron chi connectivity index (χ0n) is 19.2. The SMILES string of the molecule is CSCCC(NC(=O)c1ccc(C/C(=C\c2cncs2)CO)cc1-c1ccccc1C)C(=O)O. The molecule has 0 radical (unpaired) electrons. The minimum Gasteiger partial charge on any atom is -0.480 e. The van der Waals surface area contributed by atoms with Crippen LogP contribution in [-0.2, 0) is 11.2 Å². The molecule has 0 saturated carbocycles. The van der Waals surface area contributed by atoms with Crippen LogP contribution in [0.4, 0.5) is 0 Å². The Morgan fingerprint density at radius 3 is 2.65 bits per heavy atom. The summed E-state index contributed by atoms with van der Waals surface area (Å²) in [6, 6.07) is 12.4. The normalized spacial score (nSPS) is 12.4. The molecule has 3 rings (SSSR count). The van der Waals surface area contributed by atoms with Gasteiger partial charge >= 0.3 is 5.97 Å². The van der Waals surface area contributed by atoms with Crippen molar-refractivity contribution in [1.29, 1.82) is 0 Å². The van der Waals surface area contributed by atoms with Gasteiger partial charge in [-0.05, 0) is 71.7 Å². The number of aromatic nitrogens is 1. The number of nitrogens with zero attached hydrogens (tertiary/aromatic N) is 1. The van der Waals surface area contributed by atoms with Gasteiger partial charge in [0.1, 0.15) is 6.04 Å². The second kappa shape index (κ2) is 12.5. The zero-order valence-corrected chi connectivity index (χ0v) is 20.8. The fraction of sp³-hybridized carbons (Fsp3) is 0.269. The van der Waals surface area contributed by atoms with Gasteiger partial charge in [-0.3, -0.25) is 9.78 Å². The summed E-state index contributed by atoms with van der Waals surface area (Å²) in [6.07, 6.45) is 6.44. The number of rotatable bonds is 11. The molecular weight excluding hydrogens is 468 g/mol. The van der Waals surface area contributed by atoms with Crippen molar-refractivity contribution in [2.24, 2.45) is 0 Å². The molecule has 178 valence electrons. The molecule has 0 saturated heterocycles. The molecule has 3 N–H and O–H groups in total. The Morgan fingerprint density at radius 2 is 2.00 bits per heavy atom. The van der Waals surface area contributed by atoms with Gasteiger partial charge in [-0.15, -0.1) is 11.3 Å². The third-order valence-electron chi connectivity index (χ3n) is 5.41. The smallest absolute Gasteiger partial charge is 0.326 e. The van der Waals surface area contributed by atoms with Crippen molar-refractivity contribution < 1.29 is 19.8 Å². The summed E-state index contributed by atoms with van der Waals surface area (Å²) in [7, 11) is 0. The van der Waals surface area contributed by atoms with E-state index in [1.54, 1.807) is 17.8 Å². The molecule has 1 unspecified atom stereocenters. The number of amides is 1. The molecule has 1 amide bonds. The second-order valence-corrected chi connectivity index (χ2v) is 9.79. The van der Waals surface area contributed by atoms with E-state index < -0.39 is 17.9 Å². The van der Waals surface area contributed by atoms with Gasteiger partial charge in [0.05, 0.1) is 12.1 Å². The van der Waals surface area contributed by atoms with Gasteiger partial charge in [-0.25, -0.2) is 4.79 Å². The number of aliphatic hydroxyl groups is 1. The molecule has 2 aromatic carbocycles. The zero-order chi connectivity index (χ0) is 24.5. The number of aliphatic hydroxyl groups excluding tert-OH is 1. The predicted octanol–water partition coefficient (Wildman–Crippen LogP) is 4.67. The molecule has 1 aromatic heterocycles. The Bertz CT molecular complexity index is 1160. The number of thiazole rings is 1. The largest absolute Gasteiger partial charge is 0.480 e. The van der Waals surface area contributed by atoms with Gasteiger partial charge in [0.25, 0.3) is 5.91 Å². The maximum absolute atomic E-state index is 13.2. The van der Waals surface area contributed by atoms with Crippen LogP contribution >= 0.6 is 23.1 Å². The Labute approximate surface area is 207 Å². The highest BCUT2D eigenvalue weighted by atomic mass is 32.2. The van der Waals surface area contributed by atoms with E-state index in [0.29, 0.717) is 24.2 Å². The lowest BCUT2D eigenvalue weighted by atomic mass is 9.92. The van der Waals surface area contributed by atoms with Crippen molar-refractivity contribution in [1.82, 2.24) is 10.3 Å². The molecule has 0 spiro atoms. The molecule has 6 nitrogen and oxygen atoms in total. The summed E-state index contributed by atoms with van der Waals surface area (Å²) in [5.41, 5.74) is 6.59. The van der Waals surface area contributed by atoms with Crippen LogP contribution in [-0.4, -0.2) is 51.7 Å². The molecule has 0 fully saturated rings. The Hall–Kier alpha value is -2.94. The average Bonchev–Trinajstić information content (AvgIpc) is 3.34. The van der Waals surface area contributed by atoms with E-state index in [1.807, 2.05) is 55.7 Å². The summed E-state index contributed by atoms with van der Waals surface area (Å²) in [4.78, 5) is 29.9. The maximum Gasteiger partial charge on any atom is 0.326 e. The van der Waals surface area contributed by atoms with Crippen LogP contribution in [0.5, 0.6) is 0 Å². The number of nitrogens with one attached hydrogen (secondary N) is 1. The van der Waals surface area contributed by atoms with E-state index in [4.69, 9.17) is 0 Å². The van der Waals surface area contributed by atoms with Gasteiger partial charge in [0, 0.05) is 16.6 Å². The summed E-state index contributed by atoms with van der Waals surface area (Å²) in [5.74, 6) is -0.824. The van der Waals surface area contributed by atoms with Crippen molar-refractivity contribution in [2.75, 3.05) is 18.6 Å². The standard InChI is InChI=1S/C26H28N2O4S2/c1-17-5-3-4-6-21(17)23-13-18(11-19(15-29)12-20-14-27-16-34-20)7-8-22(23)25(30)28-24(26(31)32)9-10-33-2/h3-8,12-14,16,24,29H,9-11,15H2,1-2H3,(H,28,30)(H,31,32)/b19-12+. The summed E-state index contributed by atoms with van der Waals surface area (Å²) in [6.45, 7) is 1.89. The van der Waals surface area contributed by atoms with Crippen LogP contribution in [0, 0.1) is 6.92 Å². The predicted molar refractivity (Wildman–Crippen MR) is 139 cm³/mol. The lowest BCUT2D eigenvalue weighted by Gasteiger charge is -2.18. The number of hydrogen-bond acceptors (Lipinski definition) is 6. The highest BCUT2D eigenvalue weighted by Crippen LogP contribution is 2.29. The number of carboxylic acids is 1. The van der Waals surface area contributed by atoms with Crippen molar-refractivity contribution in [2.45, 2.75) is 25.8 Å². The number of carbonyl (C=O) groups is 2. The molecule has 0 aliphatic heterocycles. The quantitative estimate of drug-likeness (QED) is 0.357. The van der Waals surface area contributed by atoms with Crippen LogP contribution in [0.15, 0.2) is 59.7 Å². The summed E-state index contributed by atoms with van der Waals surface area (Å²) in [5, 5.41) is 22.1. The number of carbonyl (C=O) groups excluding carboxylic acids is 1. The van der Waals surface area contributed by atoms with Crippen molar-refractivity contribution in [3.63, 3.8) is 0 Å². The van der Waals surface area contributed by atoms with Crippen molar-refractivity contribution in [3.8, 4) is 11.1 Å². The van der Waals surface area contributed by atoms with Gasteiger partial charge < -0.3 is 15.5 Å². The highest BCUT2D eigenvalue weighted by molar-refractivity contribution is 7.98. The first-order valence-corrected chi connectivity index (χ1v) is 13.1. The van der Waals surface area contributed by atoms with Crippen LogP contribution in [0.1, 0.15) is 32.8 Å². The number of aryl methyl sites for hydroxylation is 1. The molecular formula is C26H28N2O4S2. The van der Waals surface area contributed by atoms with E-state index >= 15 is 0 Å². The average molecular weight is 497 g/mol. The molecule has 0 aliphatic carbocycles. The van der Waals surface area contributed by atoms with E-state index in [1.165, 1.54) is 23.1 Å². The molecule has 1 heterocycles. The van der Waals surface area contributed by atoms with Crippen LogP contribution in [0.25, 0.3) is 17.2 Å². The number of carboxylic acid groups (broad SMARTS) is 1. The minimum atomic E-state index is -1.04. The number of thioether (sulfide) groups is 1. The van der Waals surface area contributed by atoms with Crippen molar-refractivity contribution in [3.05, 3.63) is 81.3 Å². The first-order valence-electron chi connectivity index (χ1n) is 10.8. The third kappa shape index (κ3) is 6.79. The lowest BCUT2D eigenvalue weighted by molar-refractivity contribution is -0.139. The lowest BCUT2D eigenvalue weighted by Crippen LogP contribution is -2.41. The van der Waals surface area contributed by atoms with E-state index in [-0.39, 0.29) is 6.61 Å². The number of hydrogen-bond donors (Lipinski definition) is 3. The topological polar surface area (TPSA) is 99.5 Å². The minimum absolute atomic E-state index is 0.0877. The van der Waals surface area contributed by atoms with Crippen LogP contribution < -0.4 is 5.32 Å².